The second-order valence-electron chi connectivity index (χ2n) is 4.19. The Morgan fingerprint density at radius 3 is 3.06 bits per heavy atom. The third kappa shape index (κ3) is 2.12. The van der Waals surface area contributed by atoms with E-state index in [1.54, 1.807) is 0 Å². The zero-order chi connectivity index (χ0) is 11.4. The first-order valence-corrected chi connectivity index (χ1v) is 6.05. The number of nitrogens with zero attached hydrogens (tertiary/aromatic N) is 1. The minimum absolute atomic E-state index is 0.516. The third-order valence-corrected chi connectivity index (χ3v) is 3.14. The van der Waals surface area contributed by atoms with E-state index in [0.29, 0.717) is 6.04 Å². The molecule has 1 heterocycles. The van der Waals surface area contributed by atoms with Gasteiger partial charge in [0.25, 0.3) is 0 Å². The number of anilines is 1. The van der Waals surface area contributed by atoms with Gasteiger partial charge in [0.05, 0.1) is 0 Å². The van der Waals surface area contributed by atoms with Gasteiger partial charge in [0.1, 0.15) is 0 Å². The summed E-state index contributed by atoms with van der Waals surface area (Å²) >= 11 is 0. The van der Waals surface area contributed by atoms with Gasteiger partial charge in [-0.3, -0.25) is 0 Å². The maximum absolute atomic E-state index is 3.83. The number of nitrogens with one attached hydrogen (secondary N) is 1. The Morgan fingerprint density at radius 1 is 1.50 bits per heavy atom. The minimum atomic E-state index is 0.516. The van der Waals surface area contributed by atoms with Gasteiger partial charge in [0.2, 0.25) is 0 Å². The van der Waals surface area contributed by atoms with Crippen LogP contribution in [-0.4, -0.2) is 19.6 Å². The second kappa shape index (κ2) is 5.17. The van der Waals surface area contributed by atoms with Gasteiger partial charge in [-0.1, -0.05) is 31.2 Å². The smallest absolute Gasteiger partial charge is 0.0417 e. The first-order chi connectivity index (χ1) is 7.86. The number of rotatable bonds is 4. The summed E-state index contributed by atoms with van der Waals surface area (Å²) in [7, 11) is 0. The molecule has 0 aromatic heterocycles. The van der Waals surface area contributed by atoms with Crippen LogP contribution in [0.25, 0.3) is 0 Å². The zero-order valence-electron chi connectivity index (χ0n) is 9.95. The van der Waals surface area contributed by atoms with Gasteiger partial charge in [-0.05, 0) is 24.6 Å². The van der Waals surface area contributed by atoms with Gasteiger partial charge in [-0.15, -0.1) is 6.58 Å². The molecular formula is C14H20N2. The molecule has 1 aromatic rings. The van der Waals surface area contributed by atoms with Crippen molar-refractivity contribution in [3.8, 4) is 0 Å². The van der Waals surface area contributed by atoms with E-state index in [1.165, 1.54) is 17.7 Å². The fraction of sp³-hybridized carbons (Fsp3) is 0.429. The molecule has 1 aliphatic heterocycles. The van der Waals surface area contributed by atoms with Crippen molar-refractivity contribution in [3.05, 3.63) is 42.5 Å². The highest BCUT2D eigenvalue weighted by Gasteiger charge is 2.22. The van der Waals surface area contributed by atoms with E-state index in [9.17, 15) is 0 Å². The molecule has 1 aromatic carbocycles. The summed E-state index contributed by atoms with van der Waals surface area (Å²) in [5.41, 5.74) is 2.79. The van der Waals surface area contributed by atoms with Crippen molar-refractivity contribution in [1.29, 1.82) is 0 Å². The second-order valence-corrected chi connectivity index (χ2v) is 4.19. The molecule has 0 radical (unpaired) electrons. The van der Waals surface area contributed by atoms with E-state index in [1.807, 2.05) is 6.08 Å². The predicted molar refractivity (Wildman–Crippen MR) is 69.9 cm³/mol. The van der Waals surface area contributed by atoms with Crippen LogP contribution in [0.1, 0.15) is 24.9 Å². The molecule has 2 nitrogen and oxygen atoms in total. The lowest BCUT2D eigenvalue weighted by Crippen LogP contribution is -2.35. The molecule has 2 heteroatoms. The molecule has 0 bridgehead atoms. The lowest BCUT2D eigenvalue weighted by Gasteiger charge is -2.35. The molecule has 86 valence electrons. The largest absolute Gasteiger partial charge is 0.367 e. The van der Waals surface area contributed by atoms with E-state index < -0.39 is 0 Å². The summed E-state index contributed by atoms with van der Waals surface area (Å²) in [5, 5.41) is 3.55. The van der Waals surface area contributed by atoms with Crippen LogP contribution >= 0.6 is 0 Å². The first kappa shape index (κ1) is 11.2. The topological polar surface area (TPSA) is 15.3 Å². The monoisotopic (exact) mass is 216 g/mol. The van der Waals surface area contributed by atoms with E-state index in [-0.39, 0.29) is 0 Å². The highest BCUT2D eigenvalue weighted by molar-refractivity contribution is 5.57. The maximum Gasteiger partial charge on any atom is 0.0417 e. The highest BCUT2D eigenvalue weighted by Crippen LogP contribution is 2.33. The summed E-state index contributed by atoms with van der Waals surface area (Å²) in [6.45, 7) is 9.07. The predicted octanol–water partition coefficient (Wildman–Crippen LogP) is 2.73. The lowest BCUT2D eigenvalue weighted by molar-refractivity contribution is 0.495. The van der Waals surface area contributed by atoms with Gasteiger partial charge < -0.3 is 10.2 Å². The number of para-hydroxylation sites is 1. The van der Waals surface area contributed by atoms with Gasteiger partial charge >= 0.3 is 0 Å². The van der Waals surface area contributed by atoms with E-state index in [0.717, 1.165) is 19.6 Å². The summed E-state index contributed by atoms with van der Waals surface area (Å²) in [4.78, 5) is 2.40. The average molecular weight is 216 g/mol. The SMILES string of the molecule is C=CCN1CCC(NCC)c2ccccc21. The Hall–Kier alpha value is -1.28. The summed E-state index contributed by atoms with van der Waals surface area (Å²) < 4.78 is 0. The Balaban J connectivity index is 2.28. The quantitative estimate of drug-likeness (QED) is 0.779. The molecule has 0 fully saturated rings. The molecule has 0 spiro atoms. The van der Waals surface area contributed by atoms with Crippen molar-refractivity contribution < 1.29 is 0 Å². The summed E-state index contributed by atoms with van der Waals surface area (Å²) in [5.74, 6) is 0. The standard InChI is InChI=1S/C14H20N2/c1-3-10-16-11-9-13(15-4-2)12-7-5-6-8-14(12)16/h3,5-8,13,15H,1,4,9-11H2,2H3. The molecule has 2 rings (SSSR count). The molecule has 1 N–H and O–H groups in total. The van der Waals surface area contributed by atoms with Crippen LogP contribution in [0.5, 0.6) is 0 Å². The number of benzene rings is 1. The molecule has 0 saturated carbocycles. The number of hydrogen-bond acceptors (Lipinski definition) is 2. The molecule has 0 aliphatic carbocycles. The average Bonchev–Trinajstić information content (AvgIpc) is 2.33. The molecule has 0 amide bonds. The van der Waals surface area contributed by atoms with E-state index in [2.05, 4.69) is 48.0 Å². The van der Waals surface area contributed by atoms with E-state index >= 15 is 0 Å². The van der Waals surface area contributed by atoms with Gasteiger partial charge in [0, 0.05) is 24.8 Å². The summed E-state index contributed by atoms with van der Waals surface area (Å²) in [6.07, 6.45) is 3.16. The van der Waals surface area contributed by atoms with Gasteiger partial charge in [0.15, 0.2) is 0 Å². The summed E-state index contributed by atoms with van der Waals surface area (Å²) in [6, 6.07) is 9.20. The number of fused-ring (bicyclic) bond motifs is 1. The van der Waals surface area contributed by atoms with Crippen LogP contribution in [0.2, 0.25) is 0 Å². The Kier molecular flexibility index (Phi) is 3.62. The van der Waals surface area contributed by atoms with Gasteiger partial charge in [-0.25, -0.2) is 0 Å². The van der Waals surface area contributed by atoms with E-state index in [4.69, 9.17) is 0 Å². The fourth-order valence-electron chi connectivity index (χ4n) is 2.43. The lowest BCUT2D eigenvalue weighted by atomic mass is 9.96. The molecule has 0 saturated heterocycles. The van der Waals surface area contributed by atoms with Crippen molar-refractivity contribution in [2.75, 3.05) is 24.5 Å². The van der Waals surface area contributed by atoms with Crippen molar-refractivity contribution in [2.24, 2.45) is 0 Å². The normalized spacial score (nSPS) is 19.3. The maximum atomic E-state index is 3.83. The van der Waals surface area contributed by atoms with Crippen molar-refractivity contribution in [1.82, 2.24) is 5.32 Å². The highest BCUT2D eigenvalue weighted by atomic mass is 15.1. The zero-order valence-corrected chi connectivity index (χ0v) is 9.95. The van der Waals surface area contributed by atoms with Crippen LogP contribution in [-0.2, 0) is 0 Å². The van der Waals surface area contributed by atoms with Gasteiger partial charge in [-0.2, -0.15) is 0 Å². The van der Waals surface area contributed by atoms with Crippen molar-refractivity contribution in [2.45, 2.75) is 19.4 Å². The van der Waals surface area contributed by atoms with Crippen LogP contribution < -0.4 is 10.2 Å². The molecule has 16 heavy (non-hydrogen) atoms. The molecule has 1 unspecified atom stereocenters. The minimum Gasteiger partial charge on any atom is -0.367 e. The first-order valence-electron chi connectivity index (χ1n) is 6.05. The third-order valence-electron chi connectivity index (χ3n) is 3.14. The van der Waals surface area contributed by atoms with Crippen LogP contribution in [0.4, 0.5) is 5.69 Å². The van der Waals surface area contributed by atoms with Crippen molar-refractivity contribution >= 4 is 5.69 Å². The molecule has 1 aliphatic rings. The number of hydrogen-bond donors (Lipinski definition) is 1. The Bertz CT molecular complexity index is 360. The Labute approximate surface area is 98.0 Å². The van der Waals surface area contributed by atoms with Crippen LogP contribution in [0, 0.1) is 0 Å². The van der Waals surface area contributed by atoms with Crippen LogP contribution in [0.15, 0.2) is 36.9 Å². The molecule has 1 atom stereocenters. The fourth-order valence-corrected chi connectivity index (χ4v) is 2.43. The molecular weight excluding hydrogens is 196 g/mol. The van der Waals surface area contributed by atoms with Crippen molar-refractivity contribution in [3.63, 3.8) is 0 Å². The van der Waals surface area contributed by atoms with Crippen LogP contribution in [0.3, 0.4) is 0 Å². The Morgan fingerprint density at radius 2 is 2.31 bits per heavy atom.